The Morgan fingerprint density at radius 3 is 2.70 bits per heavy atom. The smallest absolute Gasteiger partial charge is 0.124 e. The molecule has 0 spiro atoms. The van der Waals surface area contributed by atoms with E-state index in [1.807, 2.05) is 24.3 Å². The Labute approximate surface area is 119 Å². The van der Waals surface area contributed by atoms with Crippen LogP contribution in [0.2, 0.25) is 0 Å². The van der Waals surface area contributed by atoms with E-state index in [4.69, 9.17) is 5.11 Å². The Morgan fingerprint density at radius 2 is 1.95 bits per heavy atom. The van der Waals surface area contributed by atoms with E-state index in [-0.39, 0.29) is 12.4 Å². The minimum Gasteiger partial charge on any atom is -0.395 e. The van der Waals surface area contributed by atoms with Crippen LogP contribution in [0.25, 0.3) is 20.8 Å². The quantitative estimate of drug-likeness (QED) is 0.772. The van der Waals surface area contributed by atoms with Gasteiger partial charge in [-0.1, -0.05) is 0 Å². The average Bonchev–Trinajstić information content (AvgIpc) is 2.88. The second-order valence-electron chi connectivity index (χ2n) is 4.36. The molecule has 3 rings (SSSR count). The van der Waals surface area contributed by atoms with Crippen molar-refractivity contribution in [2.45, 2.75) is 0 Å². The summed E-state index contributed by atoms with van der Waals surface area (Å²) in [5.74, 6) is -0.240. The Balaban J connectivity index is 1.90. The van der Waals surface area contributed by atoms with Gasteiger partial charge in [-0.25, -0.2) is 9.37 Å². The summed E-state index contributed by atoms with van der Waals surface area (Å²) in [4.78, 5) is 4.51. The van der Waals surface area contributed by atoms with Crippen molar-refractivity contribution in [1.82, 2.24) is 4.98 Å². The predicted octanol–water partition coefficient (Wildman–Crippen LogP) is 3.51. The van der Waals surface area contributed by atoms with Crippen LogP contribution >= 0.6 is 11.3 Å². The van der Waals surface area contributed by atoms with Gasteiger partial charge in [0, 0.05) is 17.8 Å². The number of hydrogen-bond acceptors (Lipinski definition) is 4. The Hall–Kier alpha value is -1.98. The zero-order valence-corrected chi connectivity index (χ0v) is 11.5. The monoisotopic (exact) mass is 288 g/mol. The summed E-state index contributed by atoms with van der Waals surface area (Å²) < 4.78 is 14.0. The van der Waals surface area contributed by atoms with Gasteiger partial charge in [-0.15, -0.1) is 11.3 Å². The van der Waals surface area contributed by atoms with Crippen LogP contribution < -0.4 is 5.32 Å². The molecule has 0 amide bonds. The zero-order chi connectivity index (χ0) is 13.9. The van der Waals surface area contributed by atoms with E-state index in [1.165, 1.54) is 23.5 Å². The molecule has 0 aliphatic rings. The van der Waals surface area contributed by atoms with Gasteiger partial charge in [0.15, 0.2) is 0 Å². The van der Waals surface area contributed by atoms with Crippen molar-refractivity contribution in [1.29, 1.82) is 0 Å². The van der Waals surface area contributed by atoms with Gasteiger partial charge in [0.2, 0.25) is 0 Å². The molecule has 0 saturated heterocycles. The van der Waals surface area contributed by atoms with Gasteiger partial charge in [0.1, 0.15) is 10.8 Å². The van der Waals surface area contributed by atoms with Crippen LogP contribution in [0.4, 0.5) is 10.1 Å². The van der Waals surface area contributed by atoms with E-state index in [1.54, 1.807) is 6.07 Å². The highest BCUT2D eigenvalue weighted by atomic mass is 32.1. The SMILES string of the molecule is OCCNc1ccc(-c2nc3ccc(F)cc3s2)cc1. The van der Waals surface area contributed by atoms with Crippen molar-refractivity contribution in [2.24, 2.45) is 0 Å². The molecule has 0 atom stereocenters. The van der Waals surface area contributed by atoms with Gasteiger partial charge < -0.3 is 10.4 Å². The van der Waals surface area contributed by atoms with E-state index in [0.717, 1.165) is 26.5 Å². The topological polar surface area (TPSA) is 45.1 Å². The molecule has 0 aliphatic heterocycles. The zero-order valence-electron chi connectivity index (χ0n) is 10.6. The number of aliphatic hydroxyl groups is 1. The number of nitrogens with one attached hydrogen (secondary N) is 1. The molecular weight excluding hydrogens is 275 g/mol. The fourth-order valence-electron chi connectivity index (χ4n) is 1.95. The van der Waals surface area contributed by atoms with Gasteiger partial charge in [0.25, 0.3) is 0 Å². The van der Waals surface area contributed by atoms with Crippen molar-refractivity contribution < 1.29 is 9.50 Å². The molecule has 0 aliphatic carbocycles. The highest BCUT2D eigenvalue weighted by molar-refractivity contribution is 7.21. The number of benzene rings is 2. The standard InChI is InChI=1S/C15H13FN2OS/c16-11-3-6-13-14(9-11)20-15(18-13)10-1-4-12(5-2-10)17-7-8-19/h1-6,9,17,19H,7-8H2. The summed E-state index contributed by atoms with van der Waals surface area (Å²) in [6.07, 6.45) is 0. The van der Waals surface area contributed by atoms with E-state index in [2.05, 4.69) is 10.3 Å². The van der Waals surface area contributed by atoms with Crippen LogP contribution in [0.1, 0.15) is 0 Å². The summed E-state index contributed by atoms with van der Waals surface area (Å²) in [5, 5.41) is 12.7. The number of aromatic nitrogens is 1. The first-order chi connectivity index (χ1) is 9.76. The molecule has 5 heteroatoms. The largest absolute Gasteiger partial charge is 0.395 e. The summed E-state index contributed by atoms with van der Waals surface area (Å²) in [7, 11) is 0. The molecule has 0 saturated carbocycles. The van der Waals surface area contributed by atoms with E-state index >= 15 is 0 Å². The van der Waals surface area contributed by atoms with Gasteiger partial charge in [-0.05, 0) is 42.5 Å². The number of hydrogen-bond donors (Lipinski definition) is 2. The minimum absolute atomic E-state index is 0.102. The highest BCUT2D eigenvalue weighted by Gasteiger charge is 2.07. The van der Waals surface area contributed by atoms with Crippen molar-refractivity contribution >= 4 is 27.2 Å². The second kappa shape index (κ2) is 5.56. The lowest BCUT2D eigenvalue weighted by Gasteiger charge is -2.04. The third-order valence-electron chi connectivity index (χ3n) is 2.92. The second-order valence-corrected chi connectivity index (χ2v) is 5.39. The molecule has 1 aromatic heterocycles. The molecule has 20 heavy (non-hydrogen) atoms. The lowest BCUT2D eigenvalue weighted by atomic mass is 10.2. The van der Waals surface area contributed by atoms with Crippen molar-refractivity contribution in [3.8, 4) is 10.6 Å². The van der Waals surface area contributed by atoms with Gasteiger partial charge in [-0.3, -0.25) is 0 Å². The molecule has 3 aromatic rings. The maximum absolute atomic E-state index is 13.2. The molecule has 0 fully saturated rings. The first-order valence-electron chi connectivity index (χ1n) is 6.27. The number of anilines is 1. The summed E-state index contributed by atoms with van der Waals surface area (Å²) in [5.41, 5.74) is 2.77. The molecule has 2 N–H and O–H groups in total. The molecule has 3 nitrogen and oxygen atoms in total. The summed E-state index contributed by atoms with van der Waals surface area (Å²) in [6.45, 7) is 0.630. The van der Waals surface area contributed by atoms with Crippen molar-refractivity contribution in [3.63, 3.8) is 0 Å². The number of aliphatic hydroxyl groups excluding tert-OH is 1. The summed E-state index contributed by atoms with van der Waals surface area (Å²) in [6, 6.07) is 12.4. The Morgan fingerprint density at radius 1 is 1.15 bits per heavy atom. The minimum atomic E-state index is -0.240. The normalized spacial score (nSPS) is 10.9. The van der Waals surface area contributed by atoms with Gasteiger partial charge in [-0.2, -0.15) is 0 Å². The number of thiazole rings is 1. The first-order valence-corrected chi connectivity index (χ1v) is 7.09. The molecule has 0 radical (unpaired) electrons. The Bertz CT molecular complexity index is 724. The van der Waals surface area contributed by atoms with E-state index < -0.39 is 0 Å². The van der Waals surface area contributed by atoms with Crippen LogP contribution in [-0.2, 0) is 0 Å². The third-order valence-corrected chi connectivity index (χ3v) is 3.99. The lowest BCUT2D eigenvalue weighted by molar-refractivity contribution is 0.311. The molecule has 0 bridgehead atoms. The fourth-order valence-corrected chi connectivity index (χ4v) is 2.95. The first kappa shape index (κ1) is 13.0. The van der Waals surface area contributed by atoms with Crippen LogP contribution in [0, 0.1) is 5.82 Å². The molecule has 1 heterocycles. The number of fused-ring (bicyclic) bond motifs is 1. The number of halogens is 1. The van der Waals surface area contributed by atoms with Crippen LogP contribution in [0.3, 0.4) is 0 Å². The van der Waals surface area contributed by atoms with Gasteiger partial charge >= 0.3 is 0 Å². The third kappa shape index (κ3) is 2.64. The fraction of sp³-hybridized carbons (Fsp3) is 0.133. The van der Waals surface area contributed by atoms with Crippen LogP contribution in [-0.4, -0.2) is 23.2 Å². The maximum Gasteiger partial charge on any atom is 0.124 e. The number of rotatable bonds is 4. The van der Waals surface area contributed by atoms with Gasteiger partial charge in [0.05, 0.1) is 16.8 Å². The van der Waals surface area contributed by atoms with Crippen molar-refractivity contribution in [3.05, 3.63) is 48.3 Å². The van der Waals surface area contributed by atoms with E-state index in [9.17, 15) is 4.39 Å². The molecule has 0 unspecified atom stereocenters. The highest BCUT2D eigenvalue weighted by Crippen LogP contribution is 2.31. The maximum atomic E-state index is 13.2. The Kier molecular flexibility index (Phi) is 3.62. The van der Waals surface area contributed by atoms with E-state index in [0.29, 0.717) is 6.54 Å². The molecule has 2 aromatic carbocycles. The van der Waals surface area contributed by atoms with Crippen LogP contribution in [0.15, 0.2) is 42.5 Å². The average molecular weight is 288 g/mol. The van der Waals surface area contributed by atoms with Crippen molar-refractivity contribution in [2.75, 3.05) is 18.5 Å². The molecule has 102 valence electrons. The number of nitrogens with zero attached hydrogens (tertiary/aromatic N) is 1. The predicted molar refractivity (Wildman–Crippen MR) is 80.6 cm³/mol. The molecular formula is C15H13FN2OS. The van der Waals surface area contributed by atoms with Crippen LogP contribution in [0.5, 0.6) is 0 Å². The summed E-state index contributed by atoms with van der Waals surface area (Å²) >= 11 is 1.48. The lowest BCUT2D eigenvalue weighted by Crippen LogP contribution is -2.04.